The number of hydrogen-bond donors (Lipinski definition) is 0. The monoisotopic (exact) mass is 484 g/mol. The van der Waals surface area contributed by atoms with E-state index in [-0.39, 0.29) is 0 Å². The topological polar surface area (TPSA) is 34.1 Å². The Hall–Kier alpha value is 1.74. The Labute approximate surface area is 57.9 Å². The summed E-state index contributed by atoms with van der Waals surface area (Å²) < 4.78 is 17.0. The van der Waals surface area contributed by atoms with E-state index in [1.807, 2.05) is 0 Å². The Morgan fingerprint density at radius 1 is 1.20 bits per heavy atom. The van der Waals surface area contributed by atoms with Gasteiger partial charge in [0.2, 0.25) is 0 Å². The molecule has 0 saturated heterocycles. The Kier molecular flexibility index (Phi) is 2.90. The summed E-state index contributed by atoms with van der Waals surface area (Å²) >= 11 is 1.01. The van der Waals surface area contributed by atoms with Crippen molar-refractivity contribution >= 4 is 50.4 Å². The van der Waals surface area contributed by atoms with Crippen molar-refractivity contribution in [1.82, 2.24) is 0 Å². The van der Waals surface area contributed by atoms with Crippen molar-refractivity contribution in [2.45, 2.75) is 0 Å². The molecule has 0 unspecified atom stereocenters. The fourth-order valence-corrected chi connectivity index (χ4v) is 0. The van der Waals surface area contributed by atoms with Gasteiger partial charge in [-0.05, 0) is 0 Å². The Balaban J connectivity index is 4.06. The predicted octanol–water partition coefficient (Wildman–Crippen LogP) is -1.97. The Bertz CT molecular complexity index is 90.8. The SMILES string of the molecule is O=[S](=O)([PoH])[PoH]. The van der Waals surface area contributed by atoms with Crippen LogP contribution in [-0.2, 0) is 3.21 Å². The van der Waals surface area contributed by atoms with E-state index < -0.39 is 3.21 Å². The van der Waals surface area contributed by atoms with E-state index in [0.717, 1.165) is 0 Å². The first kappa shape index (κ1) is 6.74. The fourth-order valence-electron chi connectivity index (χ4n) is 0. The number of rotatable bonds is 0. The van der Waals surface area contributed by atoms with Crippen LogP contribution in [0.25, 0.3) is 0 Å². The molecule has 0 heterocycles. The zero-order valence-electron chi connectivity index (χ0n) is 2.12. The third-order valence-corrected chi connectivity index (χ3v) is 0. The van der Waals surface area contributed by atoms with Crippen LogP contribution in [0.1, 0.15) is 0 Å². The Morgan fingerprint density at radius 3 is 1.20 bits per heavy atom. The molecule has 0 atom stereocenters. The molecule has 0 bridgehead atoms. The van der Waals surface area contributed by atoms with Crippen LogP contribution in [0.2, 0.25) is 0 Å². The van der Waals surface area contributed by atoms with Crippen LogP contribution >= 0.6 is 0 Å². The second kappa shape index (κ2) is 2.15. The van der Waals surface area contributed by atoms with Gasteiger partial charge in [-0.15, -0.1) is 0 Å². The van der Waals surface area contributed by atoms with Crippen LogP contribution < -0.4 is 0 Å². The third kappa shape index (κ3) is 26.5. The van der Waals surface area contributed by atoms with Gasteiger partial charge in [-0.3, -0.25) is 0 Å². The molecule has 5 heavy (non-hydrogen) atoms. The van der Waals surface area contributed by atoms with Gasteiger partial charge in [0.25, 0.3) is 0 Å². The van der Waals surface area contributed by atoms with Crippen LogP contribution in [0.4, 0.5) is 0 Å². The molecule has 0 saturated carbocycles. The summed E-state index contributed by atoms with van der Waals surface area (Å²) in [6.45, 7) is 0. The van der Waals surface area contributed by atoms with Gasteiger partial charge < -0.3 is 0 Å². The van der Waals surface area contributed by atoms with E-state index in [0.29, 0.717) is 47.2 Å². The van der Waals surface area contributed by atoms with E-state index in [1.54, 1.807) is 0 Å². The van der Waals surface area contributed by atoms with Gasteiger partial charge in [-0.25, -0.2) is 0 Å². The van der Waals surface area contributed by atoms with E-state index in [4.69, 9.17) is 0 Å². The first-order valence-electron chi connectivity index (χ1n) is 0.698. The summed E-state index contributed by atoms with van der Waals surface area (Å²) in [6, 6.07) is 0. The van der Waals surface area contributed by atoms with Gasteiger partial charge in [0.15, 0.2) is 0 Å². The zero-order valence-corrected chi connectivity index (χ0v) is 9.89. The molecular weight excluding hydrogens is 482 g/mol. The fraction of sp³-hybridized carbons (Fsp3) is 0. The van der Waals surface area contributed by atoms with Crippen LogP contribution in [0.15, 0.2) is 0 Å². The normalized spacial score (nSPS) is 11.6. The molecule has 0 N–H and O–H groups in total. The molecule has 2 nitrogen and oxygen atoms in total. The average Bonchev–Trinajstić information content (AvgIpc) is 0.722. The molecule has 0 aliphatic heterocycles. The molecule has 0 aromatic rings. The molecule has 5 heteroatoms. The maximum absolute atomic E-state index is 9.73. The predicted molar refractivity (Wildman–Crippen MR) is 23.2 cm³/mol. The minimum absolute atomic E-state index is 0.505. The Morgan fingerprint density at radius 2 is 1.20 bits per heavy atom. The van der Waals surface area contributed by atoms with Gasteiger partial charge in [0.05, 0.1) is 0 Å². The van der Waals surface area contributed by atoms with Gasteiger partial charge in [-0.2, -0.15) is 0 Å². The summed E-state index contributed by atoms with van der Waals surface area (Å²) in [5.74, 6) is 0. The molecule has 0 aromatic carbocycles. The zero-order chi connectivity index (χ0) is 4.50. The second-order valence-corrected chi connectivity index (χ2v) is 26.9. The summed E-state index contributed by atoms with van der Waals surface area (Å²) in [5.41, 5.74) is 0. The first-order valence-corrected chi connectivity index (χ1v) is 10.6. The van der Waals surface area contributed by atoms with Crippen molar-refractivity contribution in [3.05, 3.63) is 0 Å². The molecule has 0 fully saturated rings. The van der Waals surface area contributed by atoms with E-state index >= 15 is 0 Å². The van der Waals surface area contributed by atoms with Crippen molar-refractivity contribution in [3.63, 3.8) is 0 Å². The third-order valence-electron chi connectivity index (χ3n) is 0. The van der Waals surface area contributed by atoms with Crippen molar-refractivity contribution in [1.29, 1.82) is 0 Å². The molecule has 0 rings (SSSR count). The minimum atomic E-state index is -2.44. The van der Waals surface area contributed by atoms with Crippen LogP contribution in [0.3, 0.4) is 0 Å². The van der Waals surface area contributed by atoms with E-state index in [1.165, 1.54) is 0 Å². The molecule has 0 radical (unpaired) electrons. The molecule has 32 valence electrons. The van der Waals surface area contributed by atoms with Gasteiger partial charge in [0, 0.05) is 0 Å². The quantitative estimate of drug-likeness (QED) is 0.401. The molecule has 0 aliphatic rings. The molecule has 0 spiro atoms. The summed E-state index contributed by atoms with van der Waals surface area (Å²) in [6.07, 6.45) is 0. The molecule has 0 amide bonds. The second-order valence-electron chi connectivity index (χ2n) is 0.448. The van der Waals surface area contributed by atoms with Gasteiger partial charge in [-0.1, -0.05) is 0 Å². The van der Waals surface area contributed by atoms with Crippen LogP contribution in [0.5, 0.6) is 0 Å². The van der Waals surface area contributed by atoms with E-state index in [9.17, 15) is 8.42 Å². The van der Waals surface area contributed by atoms with Gasteiger partial charge >= 0.3 is 58.8 Å². The van der Waals surface area contributed by atoms with Crippen molar-refractivity contribution in [3.8, 4) is 0 Å². The average molecular weight is 484 g/mol. The molecule has 0 aliphatic carbocycles. The molecular formula is H2O2Po2S. The van der Waals surface area contributed by atoms with Crippen molar-refractivity contribution in [2.75, 3.05) is 0 Å². The van der Waals surface area contributed by atoms with Gasteiger partial charge in [0.1, 0.15) is 0 Å². The first-order chi connectivity index (χ1) is 2.00. The molecule has 0 aromatic heterocycles. The van der Waals surface area contributed by atoms with Crippen LogP contribution in [0, 0.1) is 0 Å². The van der Waals surface area contributed by atoms with E-state index in [2.05, 4.69) is 0 Å². The number of hydrogen-bond acceptors (Lipinski definition) is 2. The summed E-state index contributed by atoms with van der Waals surface area (Å²) in [4.78, 5) is 0. The summed E-state index contributed by atoms with van der Waals surface area (Å²) in [7, 11) is 0. The van der Waals surface area contributed by atoms with Crippen molar-refractivity contribution < 1.29 is 8.42 Å². The van der Waals surface area contributed by atoms with Crippen molar-refractivity contribution in [2.24, 2.45) is 0 Å². The standard InChI is InChI=1S/O2S.2Po.2H/c1-3-2;;;;. The van der Waals surface area contributed by atoms with Crippen LogP contribution in [-0.4, -0.2) is 55.6 Å². The summed E-state index contributed by atoms with van der Waals surface area (Å²) in [5, 5.41) is 0. The maximum atomic E-state index is 9.73.